The third kappa shape index (κ3) is 8.50. The highest BCUT2D eigenvalue weighted by molar-refractivity contribution is 7.76. The van der Waals surface area contributed by atoms with Gasteiger partial charge in [0.1, 0.15) is 0 Å². The Hall–Kier alpha value is -8.70. The molecule has 1 aliphatic carbocycles. The fraction of sp³-hybridized carbons (Fsp3) is 0.0758. The zero-order valence-electron chi connectivity index (χ0n) is 41.4. The summed E-state index contributed by atoms with van der Waals surface area (Å²) in [6.07, 6.45) is 0.901. The first-order chi connectivity index (χ1) is 35.6. The van der Waals surface area contributed by atoms with Crippen molar-refractivity contribution in [1.29, 1.82) is 0 Å². The van der Waals surface area contributed by atoms with E-state index < -0.39 is 7.44 Å². The van der Waals surface area contributed by atoms with Gasteiger partial charge in [-0.25, -0.2) is 0 Å². The molecule has 0 spiro atoms. The molecule has 12 rings (SSSR count). The van der Waals surface area contributed by atoms with Crippen LogP contribution >= 0.6 is 7.44 Å². The maximum atomic E-state index is 16.1. The second-order valence-electron chi connectivity index (χ2n) is 19.1. The molecule has 0 saturated carbocycles. The van der Waals surface area contributed by atoms with Crippen LogP contribution in [0.2, 0.25) is 0 Å². The fourth-order valence-electron chi connectivity index (χ4n) is 10.5. The first-order valence-corrected chi connectivity index (χ1v) is 26.3. The molecular formula is C66H55N4O2P. The van der Waals surface area contributed by atoms with Gasteiger partial charge in [0.05, 0.1) is 28.1 Å². The van der Waals surface area contributed by atoms with Crippen LogP contribution in [-0.4, -0.2) is 13.5 Å². The van der Waals surface area contributed by atoms with Crippen molar-refractivity contribution in [2.24, 2.45) is 0 Å². The van der Waals surface area contributed by atoms with Crippen molar-refractivity contribution in [2.75, 3.05) is 26.2 Å². The van der Waals surface area contributed by atoms with Crippen molar-refractivity contribution in [3.63, 3.8) is 0 Å². The van der Waals surface area contributed by atoms with E-state index in [9.17, 15) is 4.79 Å². The molecule has 0 fully saturated rings. The van der Waals surface area contributed by atoms with Gasteiger partial charge < -0.3 is 4.90 Å². The zero-order chi connectivity index (χ0) is 50.1. The summed E-state index contributed by atoms with van der Waals surface area (Å²) in [5, 5.41) is 0.760. The predicted molar refractivity (Wildman–Crippen MR) is 306 cm³/mol. The Morgan fingerprint density at radius 2 is 0.863 bits per heavy atom. The average molecular weight is 967 g/mol. The van der Waals surface area contributed by atoms with E-state index >= 15 is 4.57 Å². The Kier molecular flexibility index (Phi) is 12.5. The number of carbonyl (C=O) groups is 1. The Morgan fingerprint density at radius 1 is 0.438 bits per heavy atom. The van der Waals surface area contributed by atoms with Crippen molar-refractivity contribution in [1.82, 2.24) is 0 Å². The number of nitrogens with zero attached hydrogens (tertiary/aromatic N) is 4. The number of benzene rings is 10. The normalized spacial score (nSPS) is 14.8. The summed E-state index contributed by atoms with van der Waals surface area (Å²) in [6, 6.07) is 86.8. The lowest BCUT2D eigenvalue weighted by Crippen LogP contribution is -2.26. The molecule has 0 bridgehead atoms. The highest BCUT2D eigenvalue weighted by Gasteiger charge is 2.49. The molecular weight excluding hydrogens is 912 g/mol. The molecule has 73 heavy (non-hydrogen) atoms. The molecule has 10 aromatic rings. The van der Waals surface area contributed by atoms with Gasteiger partial charge >= 0.3 is 7.44 Å². The van der Waals surface area contributed by atoms with E-state index in [1.54, 1.807) is 4.90 Å². The van der Waals surface area contributed by atoms with Gasteiger partial charge in [-0.05, 0) is 148 Å². The number of fused-ring (bicyclic) bond motifs is 4. The number of carbonyl (C=O) groups excluding carboxylic acids is 1. The molecule has 2 aliphatic rings. The SMILES string of the molecule is CN(c1ccccc1)c1ccc(-c2ccc3c(c2)C(C)(C)c2cc(-c4ccc5c(c4)N(c4ccccc4)P(=O)(c4ccccc4)N5c4ccccc4)ccc2-3)cc1N(C=O)c1ccccc1.Cc1ccccc1. The molecule has 0 radical (unpaired) electrons. The summed E-state index contributed by atoms with van der Waals surface area (Å²) < 4.78 is 20.3. The number of para-hydroxylation sites is 4. The minimum Gasteiger partial charge on any atom is -0.343 e. The summed E-state index contributed by atoms with van der Waals surface area (Å²) in [5.74, 6) is 0. The van der Waals surface area contributed by atoms with Crippen LogP contribution in [0, 0.1) is 6.92 Å². The number of amides is 1. The molecule has 1 heterocycles. The van der Waals surface area contributed by atoms with Crippen LogP contribution in [0.4, 0.5) is 45.5 Å². The topological polar surface area (TPSA) is 47.1 Å². The van der Waals surface area contributed by atoms with E-state index in [0.29, 0.717) is 0 Å². The molecule has 1 unspecified atom stereocenters. The number of aryl methyl sites for hydroxylation is 1. The first-order valence-electron chi connectivity index (χ1n) is 24.7. The van der Waals surface area contributed by atoms with Gasteiger partial charge in [-0.1, -0.05) is 177 Å². The first kappa shape index (κ1) is 46.7. The summed E-state index contributed by atoms with van der Waals surface area (Å²) in [5.41, 5.74) is 17.2. The molecule has 7 heteroatoms. The maximum Gasteiger partial charge on any atom is 0.301 e. The highest BCUT2D eigenvalue weighted by atomic mass is 31.2. The second kappa shape index (κ2) is 19.5. The maximum absolute atomic E-state index is 16.1. The van der Waals surface area contributed by atoms with Crippen LogP contribution in [0.1, 0.15) is 30.5 Å². The monoisotopic (exact) mass is 966 g/mol. The molecule has 10 aromatic carbocycles. The Labute approximate surface area is 429 Å². The van der Waals surface area contributed by atoms with Gasteiger partial charge in [0.25, 0.3) is 0 Å². The van der Waals surface area contributed by atoms with Gasteiger partial charge in [0, 0.05) is 35.2 Å². The summed E-state index contributed by atoms with van der Waals surface area (Å²) in [4.78, 5) is 16.8. The van der Waals surface area contributed by atoms with Gasteiger partial charge in [0.15, 0.2) is 0 Å². The lowest BCUT2D eigenvalue weighted by atomic mass is 9.81. The molecule has 6 nitrogen and oxygen atoms in total. The van der Waals surface area contributed by atoms with Crippen LogP contribution < -0.4 is 24.4 Å². The third-order valence-electron chi connectivity index (χ3n) is 14.2. The van der Waals surface area contributed by atoms with Crippen molar-refractivity contribution >= 4 is 64.7 Å². The van der Waals surface area contributed by atoms with Crippen molar-refractivity contribution in [2.45, 2.75) is 26.2 Å². The molecule has 0 aromatic heterocycles. The minimum absolute atomic E-state index is 0.314. The standard InChI is InChI=1S/C59H47N4O2P.C7H8/c1-59(2)53-37-42(44-31-35-55(60(3)46-19-9-4-10-20-46)57(39-44)61(41-64)47-21-11-5-12-22-47)29-33-51(53)52-34-30-43(38-54(52)59)45-32-36-56-58(40-45)63(49-25-15-7-16-26-49)66(65,50-27-17-8-18-28-50)62(56)48-23-13-6-14-24-48;1-7-5-3-2-4-6-7/h4-41H,1-3H3;2-6H,1H3. The van der Waals surface area contributed by atoms with Gasteiger partial charge in [-0.2, -0.15) is 0 Å². The second-order valence-corrected chi connectivity index (χ2v) is 21.5. The van der Waals surface area contributed by atoms with Crippen LogP contribution in [0.15, 0.2) is 255 Å². The van der Waals surface area contributed by atoms with E-state index in [0.717, 1.165) is 79.5 Å². The molecule has 1 atom stereocenters. The van der Waals surface area contributed by atoms with E-state index in [1.807, 2.05) is 169 Å². The third-order valence-corrected chi connectivity index (χ3v) is 17.2. The number of hydrogen-bond donors (Lipinski definition) is 0. The summed E-state index contributed by atoms with van der Waals surface area (Å²) in [7, 11) is -1.45. The van der Waals surface area contributed by atoms with Crippen molar-refractivity contribution < 1.29 is 9.36 Å². The lowest BCUT2D eigenvalue weighted by molar-refractivity contribution is -0.106. The van der Waals surface area contributed by atoms with Gasteiger partial charge in [-0.15, -0.1) is 0 Å². The number of anilines is 8. The van der Waals surface area contributed by atoms with Crippen molar-refractivity contribution in [3.8, 4) is 33.4 Å². The molecule has 1 amide bonds. The van der Waals surface area contributed by atoms with Crippen LogP contribution in [0.25, 0.3) is 33.4 Å². The van der Waals surface area contributed by atoms with Crippen LogP contribution in [-0.2, 0) is 14.8 Å². The fourth-order valence-corrected chi connectivity index (χ4v) is 13.5. The van der Waals surface area contributed by atoms with Gasteiger partial charge in [0.2, 0.25) is 6.41 Å². The summed E-state index contributed by atoms with van der Waals surface area (Å²) in [6.45, 7) is 6.71. The van der Waals surface area contributed by atoms with E-state index in [-0.39, 0.29) is 5.41 Å². The Balaban J connectivity index is 0.000000758. The molecule has 356 valence electrons. The van der Waals surface area contributed by atoms with E-state index in [1.165, 1.54) is 27.8 Å². The van der Waals surface area contributed by atoms with Crippen LogP contribution in [0.3, 0.4) is 0 Å². The van der Waals surface area contributed by atoms with Gasteiger partial charge in [-0.3, -0.25) is 23.6 Å². The van der Waals surface area contributed by atoms with Crippen molar-refractivity contribution in [3.05, 3.63) is 271 Å². The Bertz CT molecular complexity index is 3630. The lowest BCUT2D eigenvalue weighted by Gasteiger charge is -2.33. The smallest absolute Gasteiger partial charge is 0.301 e. The summed E-state index contributed by atoms with van der Waals surface area (Å²) >= 11 is 0. The van der Waals surface area contributed by atoms with E-state index in [4.69, 9.17) is 0 Å². The Morgan fingerprint density at radius 3 is 1.37 bits per heavy atom. The molecule has 1 aliphatic heterocycles. The molecule has 0 N–H and O–H groups in total. The molecule has 0 saturated heterocycles. The highest BCUT2D eigenvalue weighted by Crippen LogP contribution is 2.70. The number of rotatable bonds is 10. The number of hydrogen-bond acceptors (Lipinski definition) is 3. The zero-order valence-corrected chi connectivity index (χ0v) is 42.3. The predicted octanol–water partition coefficient (Wildman–Crippen LogP) is 17.2. The van der Waals surface area contributed by atoms with E-state index in [2.05, 4.69) is 127 Å². The largest absolute Gasteiger partial charge is 0.343 e. The average Bonchev–Trinajstić information content (AvgIpc) is 3.85. The van der Waals surface area contributed by atoms with Crippen LogP contribution in [0.5, 0.6) is 0 Å². The minimum atomic E-state index is -3.49. The quantitative estimate of drug-likeness (QED) is 0.101.